The molecule has 1 aromatic rings. The summed E-state index contributed by atoms with van der Waals surface area (Å²) in [5.74, 6) is 0. The maximum Gasteiger partial charge on any atom is 0.301 e. The van der Waals surface area contributed by atoms with E-state index in [2.05, 4.69) is 4.72 Å². The van der Waals surface area contributed by atoms with E-state index in [0.717, 1.165) is 5.56 Å². The number of nitrogens with zero attached hydrogens (tertiary/aromatic N) is 1. The quantitative estimate of drug-likeness (QED) is 0.812. The van der Waals surface area contributed by atoms with Crippen molar-refractivity contribution < 1.29 is 8.42 Å². The molecule has 0 heterocycles. The predicted molar refractivity (Wildman–Crippen MR) is 57.6 cm³/mol. The Morgan fingerprint density at radius 1 is 1.21 bits per heavy atom. The first-order chi connectivity index (χ1) is 6.47. The smallest absolute Gasteiger partial charge is 0.261 e. The highest BCUT2D eigenvalue weighted by Crippen LogP contribution is 2.15. The zero-order chi connectivity index (χ0) is 10.8. The summed E-state index contributed by atoms with van der Waals surface area (Å²) in [5, 5.41) is 0. The van der Waals surface area contributed by atoms with Crippen molar-refractivity contribution in [3.8, 4) is 0 Å². The molecule has 0 atom stereocenters. The van der Waals surface area contributed by atoms with Gasteiger partial charge >= 0.3 is 10.2 Å². The number of hydrogen-bond donors (Lipinski definition) is 1. The largest absolute Gasteiger partial charge is 0.301 e. The highest BCUT2D eigenvalue weighted by Gasteiger charge is 2.14. The van der Waals surface area contributed by atoms with E-state index in [1.165, 1.54) is 18.4 Å². The van der Waals surface area contributed by atoms with Crippen molar-refractivity contribution in [2.24, 2.45) is 0 Å². The van der Waals surface area contributed by atoms with Crippen LogP contribution < -0.4 is 9.03 Å². The molecular formula is C9H14N2O2S. The van der Waals surface area contributed by atoms with E-state index in [9.17, 15) is 8.42 Å². The van der Waals surface area contributed by atoms with Gasteiger partial charge in [0.1, 0.15) is 0 Å². The van der Waals surface area contributed by atoms with Gasteiger partial charge in [-0.15, -0.1) is 0 Å². The molecule has 1 aromatic carbocycles. The molecule has 0 unspecified atom stereocenters. The van der Waals surface area contributed by atoms with Crippen LogP contribution in [0.4, 0.5) is 5.69 Å². The maximum absolute atomic E-state index is 11.4. The summed E-state index contributed by atoms with van der Waals surface area (Å²) in [6.07, 6.45) is 0. The summed E-state index contributed by atoms with van der Waals surface area (Å²) < 4.78 is 26.3. The topological polar surface area (TPSA) is 49.4 Å². The van der Waals surface area contributed by atoms with Gasteiger partial charge in [0, 0.05) is 14.1 Å². The van der Waals surface area contributed by atoms with Gasteiger partial charge in [-0.1, -0.05) is 17.7 Å². The molecule has 0 aliphatic rings. The molecule has 0 aliphatic carbocycles. The first kappa shape index (κ1) is 11.0. The van der Waals surface area contributed by atoms with Gasteiger partial charge in [-0.05, 0) is 19.1 Å². The van der Waals surface area contributed by atoms with E-state index in [1.807, 2.05) is 19.1 Å². The van der Waals surface area contributed by atoms with E-state index in [-0.39, 0.29) is 0 Å². The van der Waals surface area contributed by atoms with Crippen LogP contribution in [-0.4, -0.2) is 22.5 Å². The summed E-state index contributed by atoms with van der Waals surface area (Å²) in [5.41, 5.74) is 1.74. The van der Waals surface area contributed by atoms with Gasteiger partial charge in [-0.2, -0.15) is 8.42 Å². The highest BCUT2D eigenvalue weighted by atomic mass is 32.2. The molecule has 0 bridgehead atoms. The minimum Gasteiger partial charge on any atom is -0.261 e. The van der Waals surface area contributed by atoms with Crippen molar-refractivity contribution in [3.63, 3.8) is 0 Å². The third-order valence-electron chi connectivity index (χ3n) is 2.02. The fraction of sp³-hybridized carbons (Fsp3) is 0.333. The van der Waals surface area contributed by atoms with Crippen LogP contribution >= 0.6 is 0 Å². The molecule has 0 amide bonds. The summed E-state index contributed by atoms with van der Waals surface area (Å²) in [7, 11) is -0.481. The first-order valence-corrected chi connectivity index (χ1v) is 5.65. The first-order valence-electron chi connectivity index (χ1n) is 4.21. The summed E-state index contributed by atoms with van der Waals surface area (Å²) in [6, 6.07) is 7.28. The van der Waals surface area contributed by atoms with E-state index >= 15 is 0 Å². The Bertz CT molecular complexity index is 397. The number of anilines is 1. The Morgan fingerprint density at radius 3 is 2.14 bits per heavy atom. The lowest BCUT2D eigenvalue weighted by Gasteiger charge is -2.18. The third-order valence-corrected chi connectivity index (χ3v) is 3.46. The second-order valence-electron chi connectivity index (χ2n) is 3.01. The third kappa shape index (κ3) is 2.24. The van der Waals surface area contributed by atoms with Gasteiger partial charge < -0.3 is 0 Å². The van der Waals surface area contributed by atoms with Crippen molar-refractivity contribution in [2.75, 3.05) is 18.4 Å². The fourth-order valence-electron chi connectivity index (χ4n) is 1.03. The maximum atomic E-state index is 11.4. The standard InChI is InChI=1S/C9H14N2O2S/c1-8-4-6-9(7-5-8)11(3)14(12,13)10-2/h4-7,10H,1-3H3. The van der Waals surface area contributed by atoms with Crippen molar-refractivity contribution in [3.05, 3.63) is 29.8 Å². The molecule has 0 saturated carbocycles. The number of hydrogen-bond acceptors (Lipinski definition) is 2. The Balaban J connectivity index is 3.01. The molecule has 0 aromatic heterocycles. The Morgan fingerprint density at radius 2 is 1.71 bits per heavy atom. The fourth-order valence-corrected chi connectivity index (χ4v) is 1.70. The lowest BCUT2D eigenvalue weighted by atomic mass is 10.2. The Kier molecular flexibility index (Phi) is 3.13. The van der Waals surface area contributed by atoms with Gasteiger partial charge in [0.15, 0.2) is 0 Å². The second kappa shape index (κ2) is 3.98. The SMILES string of the molecule is CNS(=O)(=O)N(C)c1ccc(C)cc1. The van der Waals surface area contributed by atoms with Gasteiger partial charge in [0.25, 0.3) is 0 Å². The van der Waals surface area contributed by atoms with Crippen LogP contribution in [0.5, 0.6) is 0 Å². The van der Waals surface area contributed by atoms with E-state index in [0.29, 0.717) is 5.69 Å². The molecule has 1 rings (SSSR count). The lowest BCUT2D eigenvalue weighted by Crippen LogP contribution is -2.35. The number of nitrogens with one attached hydrogen (secondary N) is 1. The minimum atomic E-state index is -3.38. The molecule has 14 heavy (non-hydrogen) atoms. The van der Waals surface area contributed by atoms with Crippen LogP contribution in [0, 0.1) is 6.92 Å². The number of aryl methyl sites for hydroxylation is 1. The van der Waals surface area contributed by atoms with Gasteiger partial charge in [0.2, 0.25) is 0 Å². The second-order valence-corrected chi connectivity index (χ2v) is 4.92. The predicted octanol–water partition coefficient (Wildman–Crippen LogP) is 0.895. The van der Waals surface area contributed by atoms with Gasteiger partial charge in [-0.3, -0.25) is 4.31 Å². The highest BCUT2D eigenvalue weighted by molar-refractivity contribution is 7.90. The Hall–Kier alpha value is -1.07. The zero-order valence-electron chi connectivity index (χ0n) is 8.48. The molecular weight excluding hydrogens is 200 g/mol. The summed E-state index contributed by atoms with van der Waals surface area (Å²) in [4.78, 5) is 0. The zero-order valence-corrected chi connectivity index (χ0v) is 9.30. The summed E-state index contributed by atoms with van der Waals surface area (Å²) >= 11 is 0. The lowest BCUT2D eigenvalue weighted by molar-refractivity contribution is 0.586. The van der Waals surface area contributed by atoms with Gasteiger partial charge in [0.05, 0.1) is 5.69 Å². The van der Waals surface area contributed by atoms with Crippen LogP contribution in [0.3, 0.4) is 0 Å². The average molecular weight is 214 g/mol. The van der Waals surface area contributed by atoms with Gasteiger partial charge in [-0.25, -0.2) is 4.72 Å². The van der Waals surface area contributed by atoms with E-state index in [1.54, 1.807) is 12.1 Å². The monoisotopic (exact) mass is 214 g/mol. The summed E-state index contributed by atoms with van der Waals surface area (Å²) in [6.45, 7) is 1.95. The number of rotatable bonds is 3. The van der Waals surface area contributed by atoms with Crippen molar-refractivity contribution >= 4 is 15.9 Å². The average Bonchev–Trinajstić information content (AvgIpc) is 2.18. The molecule has 0 aliphatic heterocycles. The molecule has 0 spiro atoms. The molecule has 4 nitrogen and oxygen atoms in total. The molecule has 0 radical (unpaired) electrons. The molecule has 0 saturated heterocycles. The normalized spacial score (nSPS) is 11.4. The molecule has 1 N–H and O–H groups in total. The van der Waals surface area contributed by atoms with Crippen LogP contribution in [0.15, 0.2) is 24.3 Å². The van der Waals surface area contributed by atoms with Crippen LogP contribution in [0.2, 0.25) is 0 Å². The van der Waals surface area contributed by atoms with Crippen molar-refractivity contribution in [1.29, 1.82) is 0 Å². The van der Waals surface area contributed by atoms with Crippen molar-refractivity contribution in [1.82, 2.24) is 4.72 Å². The molecule has 5 heteroatoms. The minimum absolute atomic E-state index is 0.643. The van der Waals surface area contributed by atoms with Crippen LogP contribution in [-0.2, 0) is 10.2 Å². The van der Waals surface area contributed by atoms with Crippen LogP contribution in [0.25, 0.3) is 0 Å². The van der Waals surface area contributed by atoms with E-state index in [4.69, 9.17) is 0 Å². The van der Waals surface area contributed by atoms with E-state index < -0.39 is 10.2 Å². The Labute approximate surface area is 84.7 Å². The van der Waals surface area contributed by atoms with Crippen molar-refractivity contribution in [2.45, 2.75) is 6.92 Å². The number of benzene rings is 1. The van der Waals surface area contributed by atoms with Crippen LogP contribution in [0.1, 0.15) is 5.56 Å². The molecule has 78 valence electrons. The molecule has 0 fully saturated rings.